The normalized spacial score (nSPS) is 14.2. The number of ether oxygens (including phenoxy) is 1. The van der Waals surface area contributed by atoms with E-state index in [9.17, 15) is 0 Å². The molecule has 0 unspecified atom stereocenters. The molecule has 0 saturated heterocycles. The van der Waals surface area contributed by atoms with Gasteiger partial charge in [-0.15, -0.1) is 0 Å². The lowest BCUT2D eigenvalue weighted by molar-refractivity contribution is 0.473. The van der Waals surface area contributed by atoms with Gasteiger partial charge in [-0.3, -0.25) is 0 Å². The number of hydrogen-bond donors (Lipinski definition) is 1. The van der Waals surface area contributed by atoms with Gasteiger partial charge < -0.3 is 10.1 Å². The van der Waals surface area contributed by atoms with Gasteiger partial charge in [0.05, 0.1) is 0 Å². The number of benzene rings is 2. The van der Waals surface area contributed by atoms with Crippen LogP contribution in [0.5, 0.6) is 11.5 Å². The van der Waals surface area contributed by atoms with E-state index in [1.54, 1.807) is 0 Å². The molecule has 3 rings (SSSR count). The molecule has 1 aliphatic carbocycles. The van der Waals surface area contributed by atoms with Crippen molar-refractivity contribution in [1.82, 2.24) is 5.32 Å². The first-order valence-corrected chi connectivity index (χ1v) is 8.18. The third kappa shape index (κ3) is 3.86. The van der Waals surface area contributed by atoms with Gasteiger partial charge in [0, 0.05) is 17.1 Å². The summed E-state index contributed by atoms with van der Waals surface area (Å²) in [6.45, 7) is 5.06. The summed E-state index contributed by atoms with van der Waals surface area (Å²) in [6, 6.07) is 13.3. The summed E-state index contributed by atoms with van der Waals surface area (Å²) >= 11 is 3.50. The zero-order valence-electron chi connectivity index (χ0n) is 12.4. The Hall–Kier alpha value is -1.32. The van der Waals surface area contributed by atoms with E-state index in [0.717, 1.165) is 39.7 Å². The first-order chi connectivity index (χ1) is 10.1. The monoisotopic (exact) mass is 345 g/mol. The highest BCUT2D eigenvalue weighted by Gasteiger charge is 2.20. The second-order valence-corrected chi connectivity index (χ2v) is 6.68. The Morgan fingerprint density at radius 1 is 1.05 bits per heavy atom. The lowest BCUT2D eigenvalue weighted by atomic mass is 10.1. The molecule has 2 aromatic rings. The molecule has 2 nitrogen and oxygen atoms in total. The van der Waals surface area contributed by atoms with Crippen molar-refractivity contribution in [1.29, 1.82) is 0 Å². The fourth-order valence-electron chi connectivity index (χ4n) is 2.22. The summed E-state index contributed by atoms with van der Waals surface area (Å²) in [5, 5.41) is 3.54. The molecule has 110 valence electrons. The molecule has 0 bridgehead atoms. The topological polar surface area (TPSA) is 21.3 Å². The fraction of sp³-hybridized carbons (Fsp3) is 0.333. The smallest absolute Gasteiger partial charge is 0.131 e. The summed E-state index contributed by atoms with van der Waals surface area (Å²) in [5.74, 6) is 1.84. The molecule has 0 amide bonds. The van der Waals surface area contributed by atoms with Gasteiger partial charge in [0.1, 0.15) is 11.5 Å². The average Bonchev–Trinajstić information content (AvgIpc) is 3.28. The van der Waals surface area contributed by atoms with E-state index in [0.29, 0.717) is 0 Å². The largest absolute Gasteiger partial charge is 0.457 e. The minimum atomic E-state index is 0.725. The maximum atomic E-state index is 6.13. The number of rotatable bonds is 5. The SMILES string of the molecule is Cc1ccc(Br)cc1Oc1cc(CNC2CC2)ccc1C. The minimum absolute atomic E-state index is 0.725. The number of nitrogens with one attached hydrogen (secondary N) is 1. The zero-order valence-corrected chi connectivity index (χ0v) is 14.0. The average molecular weight is 346 g/mol. The zero-order chi connectivity index (χ0) is 14.8. The molecule has 0 aliphatic heterocycles. The van der Waals surface area contributed by atoms with Gasteiger partial charge in [0.25, 0.3) is 0 Å². The van der Waals surface area contributed by atoms with Crippen LogP contribution in [0.4, 0.5) is 0 Å². The van der Waals surface area contributed by atoms with Gasteiger partial charge >= 0.3 is 0 Å². The third-order valence-corrected chi connectivity index (χ3v) is 4.29. The van der Waals surface area contributed by atoms with Gasteiger partial charge in [-0.05, 0) is 61.6 Å². The highest BCUT2D eigenvalue weighted by molar-refractivity contribution is 9.10. The molecule has 1 saturated carbocycles. The highest BCUT2D eigenvalue weighted by atomic mass is 79.9. The van der Waals surface area contributed by atoms with Crippen LogP contribution in [0.25, 0.3) is 0 Å². The predicted octanol–water partition coefficient (Wildman–Crippen LogP) is 5.11. The Labute approximate surface area is 134 Å². The van der Waals surface area contributed by atoms with Crippen LogP contribution >= 0.6 is 15.9 Å². The first kappa shape index (κ1) is 14.6. The molecule has 0 aromatic heterocycles. The Balaban J connectivity index is 1.79. The van der Waals surface area contributed by atoms with Crippen LogP contribution in [0.1, 0.15) is 29.5 Å². The van der Waals surface area contributed by atoms with Crippen molar-refractivity contribution >= 4 is 15.9 Å². The van der Waals surface area contributed by atoms with Gasteiger partial charge in [0.15, 0.2) is 0 Å². The van der Waals surface area contributed by atoms with Crippen molar-refractivity contribution in [2.24, 2.45) is 0 Å². The lowest BCUT2D eigenvalue weighted by Crippen LogP contribution is -2.15. The van der Waals surface area contributed by atoms with Gasteiger partial charge in [-0.1, -0.05) is 34.1 Å². The fourth-order valence-corrected chi connectivity index (χ4v) is 2.56. The van der Waals surface area contributed by atoms with E-state index >= 15 is 0 Å². The maximum absolute atomic E-state index is 6.13. The molecule has 0 radical (unpaired) electrons. The van der Waals surface area contributed by atoms with Gasteiger partial charge in [-0.2, -0.15) is 0 Å². The molecule has 0 atom stereocenters. The summed E-state index contributed by atoms with van der Waals surface area (Å²) < 4.78 is 7.16. The second-order valence-electron chi connectivity index (χ2n) is 5.77. The minimum Gasteiger partial charge on any atom is -0.457 e. The van der Waals surface area contributed by atoms with E-state index in [1.807, 2.05) is 12.1 Å². The van der Waals surface area contributed by atoms with Crippen LogP contribution in [-0.2, 0) is 6.54 Å². The molecule has 2 aromatic carbocycles. The molecular weight excluding hydrogens is 326 g/mol. The molecule has 21 heavy (non-hydrogen) atoms. The molecule has 0 spiro atoms. The molecule has 1 fully saturated rings. The third-order valence-electron chi connectivity index (χ3n) is 3.79. The summed E-state index contributed by atoms with van der Waals surface area (Å²) in [5.41, 5.74) is 3.57. The van der Waals surface area contributed by atoms with Crippen molar-refractivity contribution in [3.05, 3.63) is 57.6 Å². The number of hydrogen-bond acceptors (Lipinski definition) is 2. The number of aryl methyl sites for hydroxylation is 2. The summed E-state index contributed by atoms with van der Waals surface area (Å²) in [4.78, 5) is 0. The molecule has 1 aliphatic rings. The van der Waals surface area contributed by atoms with Crippen LogP contribution in [0.2, 0.25) is 0 Å². The Kier molecular flexibility index (Phi) is 4.32. The first-order valence-electron chi connectivity index (χ1n) is 7.39. The molecular formula is C18H20BrNO. The highest BCUT2D eigenvalue weighted by Crippen LogP contribution is 2.31. The maximum Gasteiger partial charge on any atom is 0.131 e. The van der Waals surface area contributed by atoms with E-state index in [4.69, 9.17) is 4.74 Å². The summed E-state index contributed by atoms with van der Waals surface area (Å²) in [6.07, 6.45) is 2.62. The Morgan fingerprint density at radius 3 is 2.43 bits per heavy atom. The van der Waals surface area contributed by atoms with Gasteiger partial charge in [0.2, 0.25) is 0 Å². The van der Waals surface area contributed by atoms with Crippen molar-refractivity contribution in [3.8, 4) is 11.5 Å². The van der Waals surface area contributed by atoms with Gasteiger partial charge in [-0.25, -0.2) is 0 Å². The van der Waals surface area contributed by atoms with E-state index < -0.39 is 0 Å². The van der Waals surface area contributed by atoms with Crippen LogP contribution in [0.3, 0.4) is 0 Å². The van der Waals surface area contributed by atoms with Crippen molar-refractivity contribution in [2.75, 3.05) is 0 Å². The van der Waals surface area contributed by atoms with Crippen LogP contribution in [0.15, 0.2) is 40.9 Å². The van der Waals surface area contributed by atoms with Crippen LogP contribution in [0, 0.1) is 13.8 Å². The number of halogens is 1. The van der Waals surface area contributed by atoms with Crippen molar-refractivity contribution in [2.45, 2.75) is 39.3 Å². The standard InChI is InChI=1S/C18H20BrNO/c1-12-3-5-14(11-20-16-7-8-16)9-17(12)21-18-10-15(19)6-4-13(18)2/h3-6,9-10,16,20H,7-8,11H2,1-2H3. The van der Waals surface area contributed by atoms with Crippen LogP contribution < -0.4 is 10.1 Å². The van der Waals surface area contributed by atoms with E-state index in [1.165, 1.54) is 18.4 Å². The molecule has 0 heterocycles. The van der Waals surface area contributed by atoms with Crippen LogP contribution in [-0.4, -0.2) is 6.04 Å². The molecule has 1 N–H and O–H groups in total. The Morgan fingerprint density at radius 2 is 1.71 bits per heavy atom. The summed E-state index contributed by atoms with van der Waals surface area (Å²) in [7, 11) is 0. The van der Waals surface area contributed by atoms with E-state index in [2.05, 4.69) is 59.4 Å². The van der Waals surface area contributed by atoms with E-state index in [-0.39, 0.29) is 0 Å². The molecule has 3 heteroatoms. The lowest BCUT2D eigenvalue weighted by Gasteiger charge is -2.13. The predicted molar refractivity (Wildman–Crippen MR) is 90.0 cm³/mol. The van der Waals surface area contributed by atoms with Crippen molar-refractivity contribution in [3.63, 3.8) is 0 Å². The second kappa shape index (κ2) is 6.20. The quantitative estimate of drug-likeness (QED) is 0.812. The Bertz CT molecular complexity index is 650. The van der Waals surface area contributed by atoms with Crippen molar-refractivity contribution < 1.29 is 4.74 Å².